The SMILES string of the molecule is Nc1ncccc1C(F)(F)F.c1ccncc1. The molecular formula is C11H10F3N3. The van der Waals surface area contributed by atoms with E-state index in [9.17, 15) is 13.2 Å². The first kappa shape index (κ1) is 13.0. The van der Waals surface area contributed by atoms with E-state index in [1.54, 1.807) is 12.4 Å². The largest absolute Gasteiger partial charge is 0.419 e. The van der Waals surface area contributed by atoms with E-state index in [2.05, 4.69) is 9.97 Å². The molecule has 90 valence electrons. The topological polar surface area (TPSA) is 51.8 Å². The summed E-state index contributed by atoms with van der Waals surface area (Å²) in [6.07, 6.45) is 0.308. The fourth-order valence-electron chi connectivity index (χ4n) is 0.970. The van der Waals surface area contributed by atoms with Crippen LogP contribution in [0, 0.1) is 0 Å². The van der Waals surface area contributed by atoms with Crippen molar-refractivity contribution in [2.45, 2.75) is 6.18 Å². The zero-order valence-corrected chi connectivity index (χ0v) is 8.72. The summed E-state index contributed by atoms with van der Waals surface area (Å²) in [7, 11) is 0. The van der Waals surface area contributed by atoms with Crippen LogP contribution in [-0.2, 0) is 6.18 Å². The molecule has 17 heavy (non-hydrogen) atoms. The first-order valence-electron chi connectivity index (χ1n) is 4.64. The molecule has 0 aliphatic carbocycles. The van der Waals surface area contributed by atoms with Gasteiger partial charge in [-0.05, 0) is 24.3 Å². The Morgan fingerprint density at radius 3 is 1.88 bits per heavy atom. The van der Waals surface area contributed by atoms with Gasteiger partial charge in [-0.1, -0.05) is 6.07 Å². The van der Waals surface area contributed by atoms with Crippen LogP contribution >= 0.6 is 0 Å². The summed E-state index contributed by atoms with van der Waals surface area (Å²) >= 11 is 0. The van der Waals surface area contributed by atoms with Gasteiger partial charge < -0.3 is 5.73 Å². The number of alkyl halides is 3. The second-order valence-electron chi connectivity index (χ2n) is 2.96. The minimum absolute atomic E-state index is 0.486. The number of hydrogen-bond donors (Lipinski definition) is 1. The van der Waals surface area contributed by atoms with E-state index in [-0.39, 0.29) is 0 Å². The van der Waals surface area contributed by atoms with Crippen molar-refractivity contribution >= 4 is 5.82 Å². The Morgan fingerprint density at radius 1 is 0.941 bits per heavy atom. The third-order valence-corrected chi connectivity index (χ3v) is 1.71. The van der Waals surface area contributed by atoms with Gasteiger partial charge in [0, 0.05) is 18.6 Å². The maximum atomic E-state index is 11.9. The molecule has 0 aromatic carbocycles. The molecule has 0 aliphatic heterocycles. The molecule has 0 amide bonds. The molecule has 2 heterocycles. The quantitative estimate of drug-likeness (QED) is 0.771. The van der Waals surface area contributed by atoms with Crippen molar-refractivity contribution in [3.63, 3.8) is 0 Å². The summed E-state index contributed by atoms with van der Waals surface area (Å²) in [6.45, 7) is 0. The molecule has 0 radical (unpaired) electrons. The van der Waals surface area contributed by atoms with Crippen molar-refractivity contribution in [3.05, 3.63) is 54.5 Å². The van der Waals surface area contributed by atoms with E-state index in [4.69, 9.17) is 5.73 Å². The van der Waals surface area contributed by atoms with Crippen molar-refractivity contribution < 1.29 is 13.2 Å². The number of aromatic nitrogens is 2. The van der Waals surface area contributed by atoms with E-state index in [1.165, 1.54) is 12.3 Å². The highest BCUT2D eigenvalue weighted by molar-refractivity contribution is 5.40. The van der Waals surface area contributed by atoms with Gasteiger partial charge >= 0.3 is 6.18 Å². The highest BCUT2D eigenvalue weighted by atomic mass is 19.4. The van der Waals surface area contributed by atoms with Gasteiger partial charge in [0.05, 0.1) is 5.56 Å². The van der Waals surface area contributed by atoms with Gasteiger partial charge in [-0.15, -0.1) is 0 Å². The summed E-state index contributed by atoms with van der Waals surface area (Å²) in [5.41, 5.74) is 4.09. The maximum absolute atomic E-state index is 11.9. The number of hydrogen-bond acceptors (Lipinski definition) is 3. The van der Waals surface area contributed by atoms with Gasteiger partial charge in [-0.2, -0.15) is 13.2 Å². The average Bonchev–Trinajstić information content (AvgIpc) is 2.31. The van der Waals surface area contributed by atoms with Crippen LogP contribution in [0.5, 0.6) is 0 Å². The van der Waals surface area contributed by atoms with E-state index < -0.39 is 17.6 Å². The van der Waals surface area contributed by atoms with Gasteiger partial charge in [-0.25, -0.2) is 4.98 Å². The fraction of sp³-hybridized carbons (Fsp3) is 0.0909. The number of halogens is 3. The van der Waals surface area contributed by atoms with E-state index in [1.807, 2.05) is 18.2 Å². The molecule has 0 saturated carbocycles. The van der Waals surface area contributed by atoms with Crippen molar-refractivity contribution in [2.24, 2.45) is 0 Å². The summed E-state index contributed by atoms with van der Waals surface area (Å²) in [4.78, 5) is 7.09. The lowest BCUT2D eigenvalue weighted by atomic mass is 10.2. The molecule has 2 aromatic rings. The average molecular weight is 241 g/mol. The molecule has 0 aliphatic rings. The molecule has 6 heteroatoms. The molecule has 2 rings (SSSR count). The van der Waals surface area contributed by atoms with Crippen LogP contribution in [0.2, 0.25) is 0 Å². The predicted molar refractivity (Wildman–Crippen MR) is 57.9 cm³/mol. The second kappa shape index (κ2) is 5.83. The summed E-state index contributed by atoms with van der Waals surface area (Å²) < 4.78 is 35.8. The lowest BCUT2D eigenvalue weighted by Gasteiger charge is -2.06. The second-order valence-corrected chi connectivity index (χ2v) is 2.96. The van der Waals surface area contributed by atoms with Crippen LogP contribution in [0.25, 0.3) is 0 Å². The Kier molecular flexibility index (Phi) is 4.45. The molecule has 2 aromatic heterocycles. The number of nitrogens with two attached hydrogens (primary N) is 1. The maximum Gasteiger partial charge on any atom is 0.419 e. The fourth-order valence-corrected chi connectivity index (χ4v) is 0.970. The molecule has 3 nitrogen and oxygen atoms in total. The normalized spacial score (nSPS) is 10.3. The van der Waals surface area contributed by atoms with Crippen molar-refractivity contribution in [1.82, 2.24) is 9.97 Å². The molecule has 0 saturated heterocycles. The molecule has 0 bridgehead atoms. The van der Waals surface area contributed by atoms with Crippen LogP contribution in [0.3, 0.4) is 0 Å². The summed E-state index contributed by atoms with van der Waals surface area (Å²) in [5.74, 6) is -0.486. The number of pyridine rings is 2. The van der Waals surface area contributed by atoms with Crippen LogP contribution < -0.4 is 5.73 Å². The smallest absolute Gasteiger partial charge is 0.383 e. The van der Waals surface area contributed by atoms with Crippen LogP contribution in [0.1, 0.15) is 5.56 Å². The highest BCUT2D eigenvalue weighted by Crippen LogP contribution is 2.31. The van der Waals surface area contributed by atoms with Gasteiger partial charge in [0.1, 0.15) is 5.82 Å². The predicted octanol–water partition coefficient (Wildman–Crippen LogP) is 2.76. The Hall–Kier alpha value is -2.11. The Labute approximate surface area is 96.1 Å². The van der Waals surface area contributed by atoms with Crippen LogP contribution in [-0.4, -0.2) is 9.97 Å². The third kappa shape index (κ3) is 4.50. The Morgan fingerprint density at radius 2 is 1.59 bits per heavy atom. The molecule has 0 atom stereocenters. The summed E-state index contributed by atoms with van der Waals surface area (Å²) in [5, 5.41) is 0. The molecule has 0 unspecified atom stereocenters. The van der Waals surface area contributed by atoms with E-state index >= 15 is 0 Å². The monoisotopic (exact) mass is 241 g/mol. The minimum atomic E-state index is -4.40. The van der Waals surface area contributed by atoms with Crippen molar-refractivity contribution in [2.75, 3.05) is 5.73 Å². The number of nitrogens with zero attached hydrogens (tertiary/aromatic N) is 2. The zero-order chi connectivity index (χ0) is 12.7. The molecule has 0 fully saturated rings. The molecule has 0 spiro atoms. The summed E-state index contributed by atoms with van der Waals surface area (Å²) in [6, 6.07) is 7.80. The number of nitrogen functional groups attached to an aromatic ring is 1. The number of anilines is 1. The highest BCUT2D eigenvalue weighted by Gasteiger charge is 2.33. The lowest BCUT2D eigenvalue weighted by molar-refractivity contribution is -0.137. The van der Waals surface area contributed by atoms with Crippen LogP contribution in [0.4, 0.5) is 19.0 Å². The Balaban J connectivity index is 0.000000202. The lowest BCUT2D eigenvalue weighted by Crippen LogP contribution is -2.09. The zero-order valence-electron chi connectivity index (χ0n) is 8.72. The number of rotatable bonds is 0. The molecule has 2 N–H and O–H groups in total. The van der Waals surface area contributed by atoms with Gasteiger partial charge in [0.15, 0.2) is 0 Å². The van der Waals surface area contributed by atoms with E-state index in [0.29, 0.717) is 0 Å². The van der Waals surface area contributed by atoms with Crippen molar-refractivity contribution in [3.8, 4) is 0 Å². The first-order valence-corrected chi connectivity index (χ1v) is 4.64. The van der Waals surface area contributed by atoms with Gasteiger partial charge in [0.25, 0.3) is 0 Å². The van der Waals surface area contributed by atoms with Gasteiger partial charge in [-0.3, -0.25) is 4.98 Å². The standard InChI is InChI=1S/C6H5F3N2.C5H5N/c7-6(8,9)4-2-1-3-11-5(4)10;1-2-4-6-5-3-1/h1-3H,(H2,10,11);1-5H. The van der Waals surface area contributed by atoms with Crippen LogP contribution in [0.15, 0.2) is 48.9 Å². The minimum Gasteiger partial charge on any atom is -0.383 e. The molecular weight excluding hydrogens is 231 g/mol. The first-order chi connectivity index (χ1) is 8.02. The van der Waals surface area contributed by atoms with E-state index in [0.717, 1.165) is 6.07 Å². The third-order valence-electron chi connectivity index (χ3n) is 1.71. The Bertz CT molecular complexity index is 417. The van der Waals surface area contributed by atoms with Gasteiger partial charge in [0.2, 0.25) is 0 Å². The van der Waals surface area contributed by atoms with Crippen molar-refractivity contribution in [1.29, 1.82) is 0 Å².